The van der Waals surface area contributed by atoms with Crippen molar-refractivity contribution in [3.63, 3.8) is 0 Å². The van der Waals surface area contributed by atoms with E-state index in [1.807, 2.05) is 11.4 Å². The first-order valence-electron chi connectivity index (χ1n) is 6.61. The molecule has 2 rings (SSSR count). The quantitative estimate of drug-likeness (QED) is 0.580. The highest BCUT2D eigenvalue weighted by atomic mass is 32.2. The fraction of sp³-hybridized carbons (Fsp3) is 0.462. The van der Waals surface area contributed by atoms with Crippen LogP contribution in [-0.4, -0.2) is 33.4 Å². The number of H-pyrrole nitrogens is 1. The Morgan fingerprint density at radius 3 is 3.20 bits per heavy atom. The fourth-order valence-corrected chi connectivity index (χ4v) is 2.94. The van der Waals surface area contributed by atoms with Crippen molar-refractivity contribution in [2.75, 3.05) is 12.3 Å². The third kappa shape index (κ3) is 4.97. The monoisotopic (exact) mass is 310 g/mol. The zero-order chi connectivity index (χ0) is 14.2. The van der Waals surface area contributed by atoms with Crippen LogP contribution in [0.2, 0.25) is 0 Å². The summed E-state index contributed by atoms with van der Waals surface area (Å²) >= 11 is 3.06. The molecule has 0 spiro atoms. The van der Waals surface area contributed by atoms with Gasteiger partial charge in [-0.05, 0) is 17.9 Å². The molecule has 0 aliphatic heterocycles. The first kappa shape index (κ1) is 15.1. The molecule has 0 aliphatic carbocycles. The van der Waals surface area contributed by atoms with Crippen LogP contribution in [0.3, 0.4) is 0 Å². The summed E-state index contributed by atoms with van der Waals surface area (Å²) in [4.78, 5) is 17.2. The Hall–Kier alpha value is -1.34. The Morgan fingerprint density at radius 1 is 1.55 bits per heavy atom. The second kappa shape index (κ2) is 8.06. The molecule has 0 bridgehead atoms. The zero-order valence-electron chi connectivity index (χ0n) is 11.4. The van der Waals surface area contributed by atoms with Crippen LogP contribution in [0.5, 0.6) is 0 Å². The predicted octanol–water partition coefficient (Wildman–Crippen LogP) is 2.47. The van der Waals surface area contributed by atoms with Crippen LogP contribution in [0.15, 0.2) is 22.7 Å². The number of amides is 1. The second-order valence-electron chi connectivity index (χ2n) is 4.31. The first-order chi connectivity index (χ1) is 9.78. The van der Waals surface area contributed by atoms with Gasteiger partial charge in [-0.25, -0.2) is 4.98 Å². The van der Waals surface area contributed by atoms with E-state index in [4.69, 9.17) is 0 Å². The van der Waals surface area contributed by atoms with Crippen molar-refractivity contribution in [2.24, 2.45) is 0 Å². The molecule has 2 heterocycles. The number of unbranched alkanes of at least 4 members (excludes halogenated alkanes) is 1. The number of thiophene rings is 1. The van der Waals surface area contributed by atoms with Gasteiger partial charge in [0.15, 0.2) is 0 Å². The van der Waals surface area contributed by atoms with Gasteiger partial charge in [-0.2, -0.15) is 0 Å². The average Bonchev–Trinajstić information content (AvgIpc) is 3.09. The van der Waals surface area contributed by atoms with Crippen LogP contribution in [-0.2, 0) is 11.2 Å². The first-order valence-corrected chi connectivity index (χ1v) is 8.47. The molecule has 5 nitrogen and oxygen atoms in total. The molecule has 0 saturated heterocycles. The van der Waals surface area contributed by atoms with Gasteiger partial charge < -0.3 is 5.32 Å². The van der Waals surface area contributed by atoms with E-state index in [1.54, 1.807) is 11.3 Å². The number of carbonyl (C=O) groups excluding carboxylic acids is 1. The van der Waals surface area contributed by atoms with Gasteiger partial charge in [0.25, 0.3) is 0 Å². The SMILES string of the molecule is CCCCNC(=O)CSc1n[nH]c(Cc2cccs2)n1. The lowest BCUT2D eigenvalue weighted by Crippen LogP contribution is -2.26. The number of nitrogens with zero attached hydrogens (tertiary/aromatic N) is 2. The normalized spacial score (nSPS) is 10.7. The van der Waals surface area contributed by atoms with E-state index in [9.17, 15) is 4.79 Å². The highest BCUT2D eigenvalue weighted by Crippen LogP contribution is 2.15. The summed E-state index contributed by atoms with van der Waals surface area (Å²) in [7, 11) is 0. The topological polar surface area (TPSA) is 70.7 Å². The third-order valence-corrected chi connectivity index (χ3v) is 4.34. The van der Waals surface area contributed by atoms with Crippen molar-refractivity contribution >= 4 is 29.0 Å². The van der Waals surface area contributed by atoms with Crippen molar-refractivity contribution in [3.8, 4) is 0 Å². The van der Waals surface area contributed by atoms with E-state index >= 15 is 0 Å². The Balaban J connectivity index is 1.74. The summed E-state index contributed by atoms with van der Waals surface area (Å²) < 4.78 is 0. The third-order valence-electron chi connectivity index (χ3n) is 2.62. The molecular formula is C13H18N4OS2. The highest BCUT2D eigenvalue weighted by molar-refractivity contribution is 7.99. The van der Waals surface area contributed by atoms with Gasteiger partial charge >= 0.3 is 0 Å². The van der Waals surface area contributed by atoms with E-state index in [1.165, 1.54) is 16.6 Å². The number of aromatic amines is 1. The van der Waals surface area contributed by atoms with Crippen molar-refractivity contribution in [1.29, 1.82) is 0 Å². The Kier molecular flexibility index (Phi) is 6.07. The van der Waals surface area contributed by atoms with Crippen molar-refractivity contribution in [3.05, 3.63) is 28.2 Å². The minimum atomic E-state index is 0.0352. The van der Waals surface area contributed by atoms with Crippen LogP contribution < -0.4 is 5.32 Å². The summed E-state index contributed by atoms with van der Waals surface area (Å²) in [6.07, 6.45) is 2.86. The van der Waals surface area contributed by atoms with Crippen LogP contribution in [0.1, 0.15) is 30.5 Å². The molecule has 7 heteroatoms. The van der Waals surface area contributed by atoms with Crippen molar-refractivity contribution < 1.29 is 4.79 Å². The molecule has 0 aromatic carbocycles. The molecule has 2 aromatic rings. The van der Waals surface area contributed by atoms with Gasteiger partial charge in [-0.1, -0.05) is 31.2 Å². The summed E-state index contributed by atoms with van der Waals surface area (Å²) in [5, 5.41) is 12.6. The van der Waals surface area contributed by atoms with Gasteiger partial charge in [-0.15, -0.1) is 16.4 Å². The maximum atomic E-state index is 11.6. The standard InChI is InChI=1S/C13H18N4OS2/c1-2-3-6-14-12(18)9-20-13-15-11(16-17-13)8-10-5-4-7-19-10/h4-5,7H,2-3,6,8-9H2,1H3,(H,14,18)(H,15,16,17). The van der Waals surface area contributed by atoms with Gasteiger partial charge in [0.2, 0.25) is 11.1 Å². The summed E-state index contributed by atoms with van der Waals surface area (Å²) in [6.45, 7) is 2.84. The number of hydrogen-bond acceptors (Lipinski definition) is 5. The smallest absolute Gasteiger partial charge is 0.230 e. The molecule has 0 aliphatic rings. The Bertz CT molecular complexity index is 524. The number of aromatic nitrogens is 3. The molecule has 20 heavy (non-hydrogen) atoms. The molecule has 108 valence electrons. The number of rotatable bonds is 8. The molecule has 0 unspecified atom stereocenters. The van der Waals surface area contributed by atoms with E-state index in [2.05, 4.69) is 33.5 Å². The van der Waals surface area contributed by atoms with E-state index in [-0.39, 0.29) is 5.91 Å². The Morgan fingerprint density at radius 2 is 2.45 bits per heavy atom. The number of thioether (sulfide) groups is 1. The molecule has 0 radical (unpaired) electrons. The van der Waals surface area contributed by atoms with Crippen molar-refractivity contribution in [1.82, 2.24) is 20.5 Å². The minimum Gasteiger partial charge on any atom is -0.355 e. The second-order valence-corrected chi connectivity index (χ2v) is 6.29. The maximum absolute atomic E-state index is 11.6. The van der Waals surface area contributed by atoms with E-state index < -0.39 is 0 Å². The molecule has 0 saturated carbocycles. The molecule has 0 atom stereocenters. The molecule has 2 N–H and O–H groups in total. The lowest BCUT2D eigenvalue weighted by Gasteiger charge is -2.01. The molecule has 0 fully saturated rings. The number of nitrogens with one attached hydrogen (secondary N) is 2. The molecule has 2 aromatic heterocycles. The van der Waals surface area contributed by atoms with Gasteiger partial charge in [0, 0.05) is 17.8 Å². The number of carbonyl (C=O) groups is 1. The summed E-state index contributed by atoms with van der Waals surface area (Å²) in [5.74, 6) is 1.23. The van der Waals surface area contributed by atoms with Gasteiger partial charge in [-0.3, -0.25) is 9.89 Å². The van der Waals surface area contributed by atoms with E-state index in [0.29, 0.717) is 10.9 Å². The summed E-state index contributed by atoms with van der Waals surface area (Å²) in [5.41, 5.74) is 0. The van der Waals surface area contributed by atoms with Crippen LogP contribution in [0, 0.1) is 0 Å². The summed E-state index contributed by atoms with van der Waals surface area (Å²) in [6, 6.07) is 4.09. The van der Waals surface area contributed by atoms with E-state index in [0.717, 1.165) is 31.6 Å². The lowest BCUT2D eigenvalue weighted by atomic mass is 10.3. The molecular weight excluding hydrogens is 292 g/mol. The van der Waals surface area contributed by atoms with Crippen LogP contribution >= 0.6 is 23.1 Å². The largest absolute Gasteiger partial charge is 0.355 e. The van der Waals surface area contributed by atoms with Gasteiger partial charge in [0.1, 0.15) is 5.82 Å². The van der Waals surface area contributed by atoms with Crippen molar-refractivity contribution in [2.45, 2.75) is 31.3 Å². The Labute approximate surface area is 126 Å². The number of hydrogen-bond donors (Lipinski definition) is 2. The van der Waals surface area contributed by atoms with Crippen LogP contribution in [0.4, 0.5) is 0 Å². The highest BCUT2D eigenvalue weighted by Gasteiger charge is 2.08. The molecule has 1 amide bonds. The van der Waals surface area contributed by atoms with Gasteiger partial charge in [0.05, 0.1) is 5.75 Å². The maximum Gasteiger partial charge on any atom is 0.230 e. The minimum absolute atomic E-state index is 0.0352. The fourth-order valence-electron chi connectivity index (χ4n) is 1.59. The zero-order valence-corrected chi connectivity index (χ0v) is 13.0. The predicted molar refractivity (Wildman–Crippen MR) is 82.1 cm³/mol. The van der Waals surface area contributed by atoms with Crippen LogP contribution in [0.25, 0.3) is 0 Å². The average molecular weight is 310 g/mol. The lowest BCUT2D eigenvalue weighted by molar-refractivity contribution is -0.118.